The lowest BCUT2D eigenvalue weighted by atomic mass is 10.1. The molecule has 0 radical (unpaired) electrons. The van der Waals surface area contributed by atoms with Crippen molar-refractivity contribution in [2.24, 2.45) is 0 Å². The molecule has 2 rings (SSSR count). The van der Waals surface area contributed by atoms with Crippen molar-refractivity contribution in [2.75, 3.05) is 20.2 Å². The van der Waals surface area contributed by atoms with E-state index in [1.807, 2.05) is 24.0 Å². The summed E-state index contributed by atoms with van der Waals surface area (Å²) < 4.78 is 5.23. The van der Waals surface area contributed by atoms with E-state index in [0.717, 1.165) is 43.7 Å². The maximum atomic E-state index is 11.9. The quantitative estimate of drug-likeness (QED) is 0.818. The first-order valence-corrected chi connectivity index (χ1v) is 6.62. The van der Waals surface area contributed by atoms with Crippen molar-refractivity contribution in [2.45, 2.75) is 32.6 Å². The smallest absolute Gasteiger partial charge is 0.222 e. The van der Waals surface area contributed by atoms with Crippen LogP contribution < -0.4 is 4.74 Å². The average molecular weight is 247 g/mol. The summed E-state index contributed by atoms with van der Waals surface area (Å²) in [6.45, 7) is 3.92. The Balaban J connectivity index is 1.89. The third-order valence-corrected chi connectivity index (χ3v) is 3.55. The fourth-order valence-electron chi connectivity index (χ4n) is 2.47. The molecule has 1 aromatic carbocycles. The van der Waals surface area contributed by atoms with Gasteiger partial charge in [0, 0.05) is 19.5 Å². The molecule has 0 N–H and O–H groups in total. The number of carbonyl (C=O) groups excluding carboxylic acids is 1. The Labute approximate surface area is 109 Å². The first-order chi connectivity index (χ1) is 8.70. The van der Waals surface area contributed by atoms with E-state index in [1.165, 1.54) is 5.56 Å². The van der Waals surface area contributed by atoms with Gasteiger partial charge in [0.05, 0.1) is 7.11 Å². The third-order valence-electron chi connectivity index (χ3n) is 3.55. The van der Waals surface area contributed by atoms with E-state index in [9.17, 15) is 4.79 Å². The predicted molar refractivity (Wildman–Crippen MR) is 71.9 cm³/mol. The molecule has 3 heteroatoms. The maximum absolute atomic E-state index is 11.9. The SMILES string of the molecule is COc1ccc(CCC(=O)N2CCCC2)cc1C. The van der Waals surface area contributed by atoms with Gasteiger partial charge >= 0.3 is 0 Å². The molecule has 1 aliphatic rings. The summed E-state index contributed by atoms with van der Waals surface area (Å²) in [6.07, 6.45) is 3.76. The van der Waals surface area contributed by atoms with Crippen LogP contribution in [0.25, 0.3) is 0 Å². The van der Waals surface area contributed by atoms with Crippen LogP contribution in [0, 0.1) is 6.92 Å². The van der Waals surface area contributed by atoms with E-state index < -0.39 is 0 Å². The first kappa shape index (κ1) is 12.9. The fourth-order valence-corrected chi connectivity index (χ4v) is 2.47. The maximum Gasteiger partial charge on any atom is 0.222 e. The number of rotatable bonds is 4. The molecule has 98 valence electrons. The molecule has 1 amide bonds. The first-order valence-electron chi connectivity index (χ1n) is 6.62. The van der Waals surface area contributed by atoms with Crippen LogP contribution in [0.4, 0.5) is 0 Å². The third kappa shape index (κ3) is 3.03. The topological polar surface area (TPSA) is 29.5 Å². The van der Waals surface area contributed by atoms with E-state index >= 15 is 0 Å². The molecule has 0 bridgehead atoms. The van der Waals surface area contributed by atoms with Gasteiger partial charge in [-0.3, -0.25) is 4.79 Å². The molecule has 3 nitrogen and oxygen atoms in total. The highest BCUT2D eigenvalue weighted by Gasteiger charge is 2.17. The van der Waals surface area contributed by atoms with Crippen LogP contribution in [0.2, 0.25) is 0 Å². The molecule has 1 fully saturated rings. The van der Waals surface area contributed by atoms with E-state index in [2.05, 4.69) is 6.07 Å². The zero-order valence-corrected chi connectivity index (χ0v) is 11.2. The Morgan fingerprint density at radius 1 is 1.33 bits per heavy atom. The highest BCUT2D eigenvalue weighted by atomic mass is 16.5. The predicted octanol–water partition coefficient (Wildman–Crippen LogP) is 2.56. The van der Waals surface area contributed by atoms with Crippen molar-refractivity contribution in [1.82, 2.24) is 4.90 Å². The van der Waals surface area contributed by atoms with Crippen LogP contribution in [0.1, 0.15) is 30.4 Å². The molecule has 1 aliphatic heterocycles. The Kier molecular flexibility index (Phi) is 4.24. The molecular formula is C15H21NO2. The second kappa shape index (κ2) is 5.89. The number of hydrogen-bond acceptors (Lipinski definition) is 2. The van der Waals surface area contributed by atoms with Crippen LogP contribution in [-0.2, 0) is 11.2 Å². The number of aryl methyl sites for hydroxylation is 2. The van der Waals surface area contributed by atoms with E-state index in [1.54, 1.807) is 7.11 Å². The standard InChI is InChI=1S/C15H21NO2/c1-12-11-13(5-7-14(12)18-2)6-8-15(17)16-9-3-4-10-16/h5,7,11H,3-4,6,8-10H2,1-2H3. The summed E-state index contributed by atoms with van der Waals surface area (Å²) in [5.74, 6) is 1.20. The minimum Gasteiger partial charge on any atom is -0.496 e. The van der Waals surface area contributed by atoms with Gasteiger partial charge in [-0.05, 0) is 43.4 Å². The van der Waals surface area contributed by atoms with Crippen molar-refractivity contribution in [3.63, 3.8) is 0 Å². The zero-order chi connectivity index (χ0) is 13.0. The van der Waals surface area contributed by atoms with Gasteiger partial charge in [-0.1, -0.05) is 12.1 Å². The van der Waals surface area contributed by atoms with E-state index in [0.29, 0.717) is 12.3 Å². The summed E-state index contributed by atoms with van der Waals surface area (Å²) in [5.41, 5.74) is 2.34. The number of hydrogen-bond donors (Lipinski definition) is 0. The second-order valence-electron chi connectivity index (χ2n) is 4.89. The molecule has 0 saturated carbocycles. The zero-order valence-electron chi connectivity index (χ0n) is 11.2. The Morgan fingerprint density at radius 2 is 2.06 bits per heavy atom. The van der Waals surface area contributed by atoms with Gasteiger partial charge in [0.15, 0.2) is 0 Å². The van der Waals surface area contributed by atoms with Crippen LogP contribution in [-0.4, -0.2) is 31.0 Å². The van der Waals surface area contributed by atoms with Gasteiger partial charge in [0.2, 0.25) is 5.91 Å². The van der Waals surface area contributed by atoms with Gasteiger partial charge in [0.1, 0.15) is 5.75 Å². The fraction of sp³-hybridized carbons (Fsp3) is 0.533. The van der Waals surface area contributed by atoms with Gasteiger partial charge < -0.3 is 9.64 Å². The van der Waals surface area contributed by atoms with Crippen molar-refractivity contribution < 1.29 is 9.53 Å². The van der Waals surface area contributed by atoms with Crippen LogP contribution in [0.3, 0.4) is 0 Å². The minimum absolute atomic E-state index is 0.293. The molecule has 0 unspecified atom stereocenters. The molecule has 0 aliphatic carbocycles. The van der Waals surface area contributed by atoms with Gasteiger partial charge in [-0.15, -0.1) is 0 Å². The van der Waals surface area contributed by atoms with Gasteiger partial charge in [-0.2, -0.15) is 0 Å². The Morgan fingerprint density at radius 3 is 2.67 bits per heavy atom. The van der Waals surface area contributed by atoms with Crippen LogP contribution >= 0.6 is 0 Å². The molecule has 1 saturated heterocycles. The molecular weight excluding hydrogens is 226 g/mol. The average Bonchev–Trinajstić information content (AvgIpc) is 2.90. The number of methoxy groups -OCH3 is 1. The molecule has 18 heavy (non-hydrogen) atoms. The van der Waals surface area contributed by atoms with Crippen molar-refractivity contribution >= 4 is 5.91 Å². The molecule has 0 aromatic heterocycles. The lowest BCUT2D eigenvalue weighted by molar-refractivity contribution is -0.130. The summed E-state index contributed by atoms with van der Waals surface area (Å²) in [7, 11) is 1.68. The number of nitrogens with zero attached hydrogens (tertiary/aromatic N) is 1. The normalized spacial score (nSPS) is 14.9. The monoisotopic (exact) mass is 247 g/mol. The number of ether oxygens (including phenoxy) is 1. The van der Waals surface area contributed by atoms with Crippen LogP contribution in [0.15, 0.2) is 18.2 Å². The van der Waals surface area contributed by atoms with Gasteiger partial charge in [-0.25, -0.2) is 0 Å². The number of benzene rings is 1. The number of likely N-dealkylation sites (tertiary alicyclic amines) is 1. The highest BCUT2D eigenvalue weighted by molar-refractivity contribution is 5.76. The highest BCUT2D eigenvalue weighted by Crippen LogP contribution is 2.19. The second-order valence-corrected chi connectivity index (χ2v) is 4.89. The van der Waals surface area contributed by atoms with Crippen molar-refractivity contribution in [1.29, 1.82) is 0 Å². The lowest BCUT2D eigenvalue weighted by Crippen LogP contribution is -2.27. The van der Waals surface area contributed by atoms with Crippen molar-refractivity contribution in [3.8, 4) is 5.75 Å². The Bertz CT molecular complexity index is 423. The number of amides is 1. The molecule has 0 atom stereocenters. The molecule has 1 aromatic rings. The molecule has 0 spiro atoms. The van der Waals surface area contributed by atoms with E-state index in [-0.39, 0.29) is 0 Å². The molecule has 1 heterocycles. The summed E-state index contributed by atoms with van der Waals surface area (Å²) in [6, 6.07) is 6.13. The summed E-state index contributed by atoms with van der Waals surface area (Å²) >= 11 is 0. The number of carbonyl (C=O) groups is 1. The largest absolute Gasteiger partial charge is 0.496 e. The minimum atomic E-state index is 0.293. The van der Waals surface area contributed by atoms with Crippen molar-refractivity contribution in [3.05, 3.63) is 29.3 Å². The summed E-state index contributed by atoms with van der Waals surface area (Å²) in [4.78, 5) is 13.9. The summed E-state index contributed by atoms with van der Waals surface area (Å²) in [5, 5.41) is 0. The van der Waals surface area contributed by atoms with Crippen LogP contribution in [0.5, 0.6) is 5.75 Å². The lowest BCUT2D eigenvalue weighted by Gasteiger charge is -2.15. The Hall–Kier alpha value is -1.51. The van der Waals surface area contributed by atoms with Gasteiger partial charge in [0.25, 0.3) is 0 Å². The van der Waals surface area contributed by atoms with E-state index in [4.69, 9.17) is 4.74 Å².